The van der Waals surface area contributed by atoms with Crippen LogP contribution in [0.2, 0.25) is 0 Å². The molecule has 2 heterocycles. The van der Waals surface area contributed by atoms with E-state index in [9.17, 15) is 9.59 Å². The van der Waals surface area contributed by atoms with E-state index >= 15 is 0 Å². The van der Waals surface area contributed by atoms with Crippen LogP contribution in [0.25, 0.3) is 17.0 Å². The van der Waals surface area contributed by atoms with Crippen LogP contribution < -0.4 is 11.1 Å². The molecule has 2 aromatic carbocycles. The van der Waals surface area contributed by atoms with Crippen LogP contribution in [0.1, 0.15) is 21.0 Å². The number of para-hydroxylation sites is 1. The SMILES string of the molecule is NC(=O)c1ccccc1NC(=O)c1nc2nccc(-c3ccccc3)n2n1. The Morgan fingerprint density at radius 3 is 2.48 bits per heavy atom. The lowest BCUT2D eigenvalue weighted by atomic mass is 10.1. The van der Waals surface area contributed by atoms with Gasteiger partial charge in [0.15, 0.2) is 0 Å². The van der Waals surface area contributed by atoms with Gasteiger partial charge < -0.3 is 11.1 Å². The van der Waals surface area contributed by atoms with Crippen molar-refractivity contribution in [1.29, 1.82) is 0 Å². The number of benzene rings is 2. The second-order valence-corrected chi connectivity index (χ2v) is 5.71. The van der Waals surface area contributed by atoms with Gasteiger partial charge in [-0.2, -0.15) is 9.50 Å². The van der Waals surface area contributed by atoms with E-state index in [1.807, 2.05) is 30.3 Å². The summed E-state index contributed by atoms with van der Waals surface area (Å²) in [4.78, 5) is 32.4. The molecule has 27 heavy (non-hydrogen) atoms. The fraction of sp³-hybridized carbons (Fsp3) is 0. The lowest BCUT2D eigenvalue weighted by Crippen LogP contribution is -2.19. The van der Waals surface area contributed by atoms with Crippen LogP contribution in [0.3, 0.4) is 0 Å². The van der Waals surface area contributed by atoms with Gasteiger partial charge >= 0.3 is 0 Å². The lowest BCUT2D eigenvalue weighted by Gasteiger charge is -2.06. The Kier molecular flexibility index (Phi) is 4.06. The summed E-state index contributed by atoms with van der Waals surface area (Å²) in [6.07, 6.45) is 1.61. The van der Waals surface area contributed by atoms with Gasteiger partial charge in [0.2, 0.25) is 5.82 Å². The predicted molar refractivity (Wildman–Crippen MR) is 99.1 cm³/mol. The average molecular weight is 358 g/mol. The number of aromatic nitrogens is 4. The molecule has 0 saturated heterocycles. The molecule has 2 amide bonds. The Hall–Kier alpha value is -4.07. The smallest absolute Gasteiger partial charge is 0.295 e. The number of nitrogens with zero attached hydrogens (tertiary/aromatic N) is 4. The fourth-order valence-electron chi connectivity index (χ4n) is 2.70. The molecule has 0 saturated carbocycles. The summed E-state index contributed by atoms with van der Waals surface area (Å²) in [7, 11) is 0. The van der Waals surface area contributed by atoms with Gasteiger partial charge in [-0.3, -0.25) is 9.59 Å². The largest absolute Gasteiger partial charge is 0.366 e. The van der Waals surface area contributed by atoms with Crippen molar-refractivity contribution in [3.8, 4) is 11.3 Å². The predicted octanol–water partition coefficient (Wildman–Crippen LogP) is 2.14. The highest BCUT2D eigenvalue weighted by Crippen LogP contribution is 2.19. The Morgan fingerprint density at radius 1 is 0.963 bits per heavy atom. The minimum atomic E-state index is -0.637. The molecule has 0 aliphatic rings. The monoisotopic (exact) mass is 358 g/mol. The number of anilines is 1. The van der Waals surface area contributed by atoms with Crippen LogP contribution >= 0.6 is 0 Å². The van der Waals surface area contributed by atoms with Crippen molar-refractivity contribution in [3.63, 3.8) is 0 Å². The van der Waals surface area contributed by atoms with Crippen molar-refractivity contribution in [2.24, 2.45) is 5.73 Å². The zero-order chi connectivity index (χ0) is 18.8. The minimum Gasteiger partial charge on any atom is -0.366 e. The van der Waals surface area contributed by atoms with Crippen molar-refractivity contribution in [2.45, 2.75) is 0 Å². The maximum atomic E-state index is 12.6. The van der Waals surface area contributed by atoms with Crippen molar-refractivity contribution in [1.82, 2.24) is 19.6 Å². The van der Waals surface area contributed by atoms with Gasteiger partial charge in [-0.15, -0.1) is 5.10 Å². The number of carbonyl (C=O) groups excluding carboxylic acids is 2. The van der Waals surface area contributed by atoms with Gasteiger partial charge in [-0.25, -0.2) is 4.98 Å². The molecule has 4 rings (SSSR count). The molecule has 0 aliphatic carbocycles. The normalized spacial score (nSPS) is 10.7. The van der Waals surface area contributed by atoms with Crippen LogP contribution in [0.5, 0.6) is 0 Å². The summed E-state index contributed by atoms with van der Waals surface area (Å²) in [6.45, 7) is 0. The summed E-state index contributed by atoms with van der Waals surface area (Å²) in [5.41, 5.74) is 7.51. The van der Waals surface area contributed by atoms with E-state index in [1.165, 1.54) is 10.6 Å². The van der Waals surface area contributed by atoms with Crippen LogP contribution in [0.4, 0.5) is 5.69 Å². The number of carbonyl (C=O) groups is 2. The number of hydrogen-bond donors (Lipinski definition) is 2. The van der Waals surface area contributed by atoms with Crippen LogP contribution in [0, 0.1) is 0 Å². The third kappa shape index (κ3) is 3.11. The maximum absolute atomic E-state index is 12.6. The van der Waals surface area contributed by atoms with Gasteiger partial charge in [0, 0.05) is 11.8 Å². The molecule has 3 N–H and O–H groups in total. The van der Waals surface area contributed by atoms with Crippen LogP contribution in [-0.2, 0) is 0 Å². The quantitative estimate of drug-likeness (QED) is 0.580. The summed E-state index contributed by atoms with van der Waals surface area (Å²) in [5.74, 6) is -0.968. The van der Waals surface area contributed by atoms with Gasteiger partial charge in [-0.05, 0) is 18.2 Å². The molecule has 0 fully saturated rings. The standard InChI is InChI=1S/C19H14N6O2/c20-16(26)13-8-4-5-9-14(13)22-18(27)17-23-19-21-11-10-15(25(19)24-17)12-6-2-1-3-7-12/h1-11H,(H2,20,26)(H,22,27). The van der Waals surface area contributed by atoms with E-state index in [1.54, 1.807) is 30.5 Å². The molecule has 0 bridgehead atoms. The highest BCUT2D eigenvalue weighted by Gasteiger charge is 2.18. The summed E-state index contributed by atoms with van der Waals surface area (Å²) in [6, 6.07) is 17.9. The van der Waals surface area contributed by atoms with E-state index in [2.05, 4.69) is 20.4 Å². The Morgan fingerprint density at radius 2 is 1.70 bits per heavy atom. The highest BCUT2D eigenvalue weighted by atomic mass is 16.2. The first-order valence-electron chi connectivity index (χ1n) is 8.11. The molecule has 0 aliphatic heterocycles. The van der Waals surface area contributed by atoms with E-state index in [-0.39, 0.29) is 11.4 Å². The Balaban J connectivity index is 1.71. The van der Waals surface area contributed by atoms with Gasteiger partial charge in [0.1, 0.15) is 0 Å². The fourth-order valence-corrected chi connectivity index (χ4v) is 2.70. The average Bonchev–Trinajstić information content (AvgIpc) is 3.13. The van der Waals surface area contributed by atoms with Gasteiger partial charge in [0.05, 0.1) is 16.9 Å². The number of nitrogens with one attached hydrogen (secondary N) is 1. The number of hydrogen-bond acceptors (Lipinski definition) is 5. The van der Waals surface area contributed by atoms with Gasteiger partial charge in [-0.1, -0.05) is 42.5 Å². The van der Waals surface area contributed by atoms with E-state index in [0.717, 1.165) is 11.3 Å². The first-order valence-corrected chi connectivity index (χ1v) is 8.11. The molecule has 4 aromatic rings. The summed E-state index contributed by atoms with van der Waals surface area (Å²) in [5, 5.41) is 6.90. The first-order chi connectivity index (χ1) is 13.1. The topological polar surface area (TPSA) is 115 Å². The minimum absolute atomic E-state index is 0.0647. The zero-order valence-corrected chi connectivity index (χ0v) is 14.0. The summed E-state index contributed by atoms with van der Waals surface area (Å²) < 4.78 is 1.50. The van der Waals surface area contributed by atoms with Crippen molar-refractivity contribution < 1.29 is 9.59 Å². The van der Waals surface area contributed by atoms with Crippen molar-refractivity contribution in [3.05, 3.63) is 78.2 Å². The number of rotatable bonds is 4. The molecule has 2 aromatic heterocycles. The molecule has 0 atom stereocenters. The second-order valence-electron chi connectivity index (χ2n) is 5.71. The number of amides is 2. The number of fused-ring (bicyclic) bond motifs is 1. The van der Waals surface area contributed by atoms with E-state index in [4.69, 9.17) is 5.73 Å². The van der Waals surface area contributed by atoms with E-state index in [0.29, 0.717) is 11.5 Å². The third-order valence-electron chi connectivity index (χ3n) is 3.95. The van der Waals surface area contributed by atoms with Crippen LogP contribution in [-0.4, -0.2) is 31.4 Å². The van der Waals surface area contributed by atoms with Gasteiger partial charge in [0.25, 0.3) is 17.6 Å². The third-order valence-corrected chi connectivity index (χ3v) is 3.95. The lowest BCUT2D eigenvalue weighted by molar-refractivity contribution is 0.100. The zero-order valence-electron chi connectivity index (χ0n) is 14.0. The molecular formula is C19H14N6O2. The molecule has 132 valence electrons. The highest BCUT2D eigenvalue weighted by molar-refractivity contribution is 6.07. The molecule has 0 radical (unpaired) electrons. The Labute approximate surface area is 153 Å². The first kappa shape index (κ1) is 16.4. The van der Waals surface area contributed by atoms with Crippen molar-refractivity contribution >= 4 is 23.3 Å². The molecule has 8 heteroatoms. The molecule has 8 nitrogen and oxygen atoms in total. The second kappa shape index (κ2) is 6.68. The Bertz CT molecular complexity index is 1150. The van der Waals surface area contributed by atoms with Crippen LogP contribution in [0.15, 0.2) is 66.9 Å². The summed E-state index contributed by atoms with van der Waals surface area (Å²) >= 11 is 0. The molecular weight excluding hydrogens is 344 g/mol. The molecule has 0 spiro atoms. The maximum Gasteiger partial charge on any atom is 0.295 e. The van der Waals surface area contributed by atoms with Crippen molar-refractivity contribution in [2.75, 3.05) is 5.32 Å². The number of primary amides is 1. The number of nitrogens with two attached hydrogens (primary N) is 1. The van der Waals surface area contributed by atoms with E-state index < -0.39 is 11.8 Å². The molecule has 0 unspecified atom stereocenters.